The first-order chi connectivity index (χ1) is 10.7. The van der Waals surface area contributed by atoms with E-state index in [0.717, 1.165) is 21.4 Å². The van der Waals surface area contributed by atoms with Crippen LogP contribution in [0.25, 0.3) is 11.3 Å². The molecule has 0 amide bonds. The predicted molar refractivity (Wildman–Crippen MR) is 86.2 cm³/mol. The Hall–Kier alpha value is -2.33. The van der Waals surface area contributed by atoms with Crippen LogP contribution in [-0.4, -0.2) is 4.98 Å². The third-order valence-electron chi connectivity index (χ3n) is 3.78. The van der Waals surface area contributed by atoms with Crippen molar-refractivity contribution >= 4 is 11.8 Å². The van der Waals surface area contributed by atoms with Gasteiger partial charge in [0, 0.05) is 18.3 Å². The van der Waals surface area contributed by atoms with Gasteiger partial charge in [-0.3, -0.25) is 0 Å². The number of aromatic nitrogens is 2. The van der Waals surface area contributed by atoms with E-state index in [1.807, 2.05) is 18.2 Å². The monoisotopic (exact) mass is 307 g/mol. The van der Waals surface area contributed by atoms with Crippen LogP contribution in [0.4, 0.5) is 0 Å². The molecule has 0 saturated heterocycles. The van der Waals surface area contributed by atoms with Gasteiger partial charge in [0.1, 0.15) is 17.8 Å². The fourth-order valence-corrected chi connectivity index (χ4v) is 3.56. The zero-order valence-electron chi connectivity index (χ0n) is 12.4. The van der Waals surface area contributed by atoms with E-state index >= 15 is 0 Å². The van der Waals surface area contributed by atoms with Crippen molar-refractivity contribution in [3.05, 3.63) is 60.4 Å². The van der Waals surface area contributed by atoms with Gasteiger partial charge in [0.25, 0.3) is 0 Å². The Kier molecular flexibility index (Phi) is 3.12. The van der Waals surface area contributed by atoms with E-state index < -0.39 is 0 Å². The van der Waals surface area contributed by atoms with E-state index in [1.165, 1.54) is 16.8 Å². The third-order valence-corrected chi connectivity index (χ3v) is 4.82. The number of hydrogen-bond acceptors (Lipinski definition) is 3. The summed E-state index contributed by atoms with van der Waals surface area (Å²) >= 11 is 1.66. The summed E-state index contributed by atoms with van der Waals surface area (Å²) < 4.78 is 8.12. The maximum absolute atomic E-state index is 5.99. The predicted octanol–water partition coefficient (Wildman–Crippen LogP) is 4.14. The molecular formula is C18H15N2OS+. The van der Waals surface area contributed by atoms with Crippen LogP contribution in [-0.2, 0) is 7.05 Å². The van der Waals surface area contributed by atoms with Crippen molar-refractivity contribution in [2.75, 3.05) is 0 Å². The highest BCUT2D eigenvalue weighted by Crippen LogP contribution is 2.47. The standard InChI is InChI=1S/C18H15N2OS/c1-12-10-16-17(22-18-15(21-16)7-5-8-19-18)11-13(12)14-6-3-4-9-20(14)2/h3-11H,1-2H3/q+1. The van der Waals surface area contributed by atoms with Crippen LogP contribution in [0.3, 0.4) is 0 Å². The number of pyridine rings is 2. The van der Waals surface area contributed by atoms with Gasteiger partial charge in [-0.15, -0.1) is 0 Å². The molecule has 4 rings (SSSR count). The molecule has 3 nitrogen and oxygen atoms in total. The van der Waals surface area contributed by atoms with Crippen molar-refractivity contribution in [1.82, 2.24) is 4.98 Å². The first kappa shape index (κ1) is 13.3. The van der Waals surface area contributed by atoms with Crippen molar-refractivity contribution in [2.45, 2.75) is 16.8 Å². The minimum absolute atomic E-state index is 0.831. The van der Waals surface area contributed by atoms with Gasteiger partial charge in [0.15, 0.2) is 11.9 Å². The van der Waals surface area contributed by atoms with E-state index in [1.54, 1.807) is 18.0 Å². The molecule has 1 aliphatic rings. The summed E-state index contributed by atoms with van der Waals surface area (Å²) in [6.07, 6.45) is 3.86. The number of aryl methyl sites for hydroxylation is 2. The molecule has 1 aliphatic heterocycles. The Bertz CT molecular complexity index is 877. The summed E-state index contributed by atoms with van der Waals surface area (Å²) in [5, 5.41) is 0.919. The van der Waals surface area contributed by atoms with Crippen LogP contribution in [0.2, 0.25) is 0 Å². The molecule has 0 unspecified atom stereocenters. The lowest BCUT2D eigenvalue weighted by atomic mass is 10.0. The van der Waals surface area contributed by atoms with Gasteiger partial charge >= 0.3 is 0 Å². The minimum atomic E-state index is 0.831. The normalized spacial score (nSPS) is 12.3. The number of ether oxygens (including phenoxy) is 1. The van der Waals surface area contributed by atoms with E-state index in [-0.39, 0.29) is 0 Å². The number of nitrogens with zero attached hydrogens (tertiary/aromatic N) is 2. The highest BCUT2D eigenvalue weighted by Gasteiger charge is 2.22. The number of benzene rings is 1. The highest BCUT2D eigenvalue weighted by atomic mass is 32.2. The number of rotatable bonds is 1. The second-order valence-electron chi connectivity index (χ2n) is 5.32. The summed E-state index contributed by atoms with van der Waals surface area (Å²) in [4.78, 5) is 5.50. The van der Waals surface area contributed by atoms with E-state index in [2.05, 4.69) is 54.0 Å². The summed E-state index contributed by atoms with van der Waals surface area (Å²) in [7, 11) is 2.06. The average molecular weight is 307 g/mol. The minimum Gasteiger partial charge on any atom is -0.453 e. The Morgan fingerprint density at radius 2 is 2.00 bits per heavy atom. The summed E-state index contributed by atoms with van der Waals surface area (Å²) in [6, 6.07) is 14.4. The Labute approximate surface area is 133 Å². The first-order valence-electron chi connectivity index (χ1n) is 7.13. The van der Waals surface area contributed by atoms with Crippen molar-refractivity contribution in [3.8, 4) is 22.8 Å². The molecule has 3 aromatic rings. The SMILES string of the molecule is Cc1cc2c(cc1-c1cccc[n+]1C)Sc1ncccc1O2. The zero-order chi connectivity index (χ0) is 15.1. The molecule has 22 heavy (non-hydrogen) atoms. The maximum atomic E-state index is 5.99. The molecular weight excluding hydrogens is 292 g/mol. The van der Waals surface area contributed by atoms with Gasteiger partial charge in [-0.25, -0.2) is 9.55 Å². The molecule has 0 N–H and O–H groups in total. The molecule has 0 spiro atoms. The Morgan fingerprint density at radius 3 is 2.86 bits per heavy atom. The van der Waals surface area contributed by atoms with E-state index in [4.69, 9.17) is 4.74 Å². The van der Waals surface area contributed by atoms with E-state index in [0.29, 0.717) is 0 Å². The second kappa shape index (κ2) is 5.14. The lowest BCUT2D eigenvalue weighted by Gasteiger charge is -2.20. The van der Waals surface area contributed by atoms with Gasteiger partial charge in [-0.05, 0) is 42.8 Å². The quantitative estimate of drug-likeness (QED) is 0.494. The molecule has 0 fully saturated rings. The highest BCUT2D eigenvalue weighted by molar-refractivity contribution is 7.99. The van der Waals surface area contributed by atoms with Gasteiger partial charge in [-0.2, -0.15) is 0 Å². The van der Waals surface area contributed by atoms with Gasteiger partial charge in [0.05, 0.1) is 10.5 Å². The third kappa shape index (κ3) is 2.16. The average Bonchev–Trinajstić information content (AvgIpc) is 2.53. The number of fused-ring (bicyclic) bond motifs is 2. The molecule has 108 valence electrons. The van der Waals surface area contributed by atoms with Crippen LogP contribution < -0.4 is 9.30 Å². The van der Waals surface area contributed by atoms with Gasteiger partial charge in [0.2, 0.25) is 5.69 Å². The lowest BCUT2D eigenvalue weighted by molar-refractivity contribution is -0.660. The second-order valence-corrected chi connectivity index (χ2v) is 6.35. The van der Waals surface area contributed by atoms with Crippen LogP contribution in [0.5, 0.6) is 11.5 Å². The smallest absolute Gasteiger partial charge is 0.212 e. The Morgan fingerprint density at radius 1 is 1.09 bits per heavy atom. The molecule has 4 heteroatoms. The first-order valence-corrected chi connectivity index (χ1v) is 7.94. The van der Waals surface area contributed by atoms with Crippen LogP contribution in [0, 0.1) is 6.92 Å². The molecule has 3 heterocycles. The summed E-state index contributed by atoms with van der Waals surface area (Å²) in [5.74, 6) is 1.74. The number of hydrogen-bond donors (Lipinski definition) is 0. The van der Waals surface area contributed by atoms with Crippen molar-refractivity contribution in [1.29, 1.82) is 0 Å². The summed E-state index contributed by atoms with van der Waals surface area (Å²) in [5.41, 5.74) is 3.61. The molecule has 0 radical (unpaired) electrons. The van der Waals surface area contributed by atoms with Gasteiger partial charge in [-0.1, -0.05) is 11.8 Å². The fourth-order valence-electron chi connectivity index (χ4n) is 2.65. The largest absolute Gasteiger partial charge is 0.453 e. The van der Waals surface area contributed by atoms with Crippen LogP contribution in [0.1, 0.15) is 5.56 Å². The molecule has 0 atom stereocenters. The molecule has 0 aliphatic carbocycles. The van der Waals surface area contributed by atoms with Crippen LogP contribution in [0.15, 0.2) is 64.8 Å². The van der Waals surface area contributed by atoms with Crippen LogP contribution >= 0.6 is 11.8 Å². The van der Waals surface area contributed by atoms with Crippen molar-refractivity contribution < 1.29 is 9.30 Å². The lowest BCUT2D eigenvalue weighted by Crippen LogP contribution is -2.30. The van der Waals surface area contributed by atoms with Crippen molar-refractivity contribution in [2.24, 2.45) is 7.05 Å². The molecule has 0 bridgehead atoms. The molecule has 2 aromatic heterocycles. The van der Waals surface area contributed by atoms with Gasteiger partial charge < -0.3 is 4.74 Å². The molecule has 0 saturated carbocycles. The summed E-state index contributed by atoms with van der Waals surface area (Å²) in [6.45, 7) is 2.12. The van der Waals surface area contributed by atoms with E-state index in [9.17, 15) is 0 Å². The zero-order valence-corrected chi connectivity index (χ0v) is 13.2. The fraction of sp³-hybridized carbons (Fsp3) is 0.111. The maximum Gasteiger partial charge on any atom is 0.212 e. The molecule has 1 aromatic carbocycles. The Balaban J connectivity index is 1.84. The van der Waals surface area contributed by atoms with Crippen molar-refractivity contribution in [3.63, 3.8) is 0 Å². The topological polar surface area (TPSA) is 26.0 Å².